The minimum atomic E-state index is -4.55. The van der Waals surface area contributed by atoms with Crippen molar-refractivity contribution in [3.05, 3.63) is 89.4 Å². The molecule has 0 atom stereocenters. The van der Waals surface area contributed by atoms with E-state index in [1.54, 1.807) is 32.3 Å². The van der Waals surface area contributed by atoms with E-state index in [0.29, 0.717) is 22.4 Å². The quantitative estimate of drug-likeness (QED) is 0.448. The number of anilines is 1. The van der Waals surface area contributed by atoms with Crippen LogP contribution in [-0.4, -0.2) is 22.8 Å². The van der Waals surface area contributed by atoms with Gasteiger partial charge in [0.2, 0.25) is 5.91 Å². The lowest BCUT2D eigenvalue weighted by molar-refractivity contribution is -0.136. The molecule has 1 amide bonds. The molecule has 0 bridgehead atoms. The van der Waals surface area contributed by atoms with Gasteiger partial charge in [0.25, 0.3) is 0 Å². The number of benzene rings is 2. The second kappa shape index (κ2) is 9.92. The highest BCUT2D eigenvalue weighted by atomic mass is 19.4. The molecule has 0 aliphatic rings. The fourth-order valence-corrected chi connectivity index (χ4v) is 3.59. The first kappa shape index (κ1) is 26.0. The van der Waals surface area contributed by atoms with Crippen LogP contribution in [0.25, 0.3) is 16.7 Å². The number of allylic oxidation sites excluding steroid dienone is 1. The predicted molar refractivity (Wildman–Crippen MR) is 133 cm³/mol. The van der Waals surface area contributed by atoms with E-state index in [9.17, 15) is 18.0 Å². The number of halogens is 3. The van der Waals surface area contributed by atoms with E-state index in [1.807, 2.05) is 38.1 Å². The Balaban J connectivity index is 1.77. The summed E-state index contributed by atoms with van der Waals surface area (Å²) in [4.78, 5) is 18.5. The van der Waals surface area contributed by atoms with Gasteiger partial charge in [-0.2, -0.15) is 13.2 Å². The smallest absolute Gasteiger partial charge is 0.398 e. The summed E-state index contributed by atoms with van der Waals surface area (Å²) < 4.78 is 39.8. The average Bonchev–Trinajstić information content (AvgIpc) is 2.78. The molecule has 3 rings (SSSR count). The van der Waals surface area contributed by atoms with E-state index in [4.69, 9.17) is 11.5 Å². The van der Waals surface area contributed by atoms with Crippen LogP contribution in [0.2, 0.25) is 0 Å². The second-order valence-electron chi connectivity index (χ2n) is 9.14. The summed E-state index contributed by atoms with van der Waals surface area (Å²) in [6.07, 6.45) is -1.15. The summed E-state index contributed by atoms with van der Waals surface area (Å²) in [6, 6.07) is 14.7. The van der Waals surface area contributed by atoms with Crippen molar-refractivity contribution in [2.24, 2.45) is 5.73 Å². The molecule has 1 heterocycles. The number of nitrogen functional groups attached to an aromatic ring is 1. The lowest BCUT2D eigenvalue weighted by Crippen LogP contribution is -2.28. The molecular weight excluding hydrogens is 453 g/mol. The maximum Gasteiger partial charge on any atom is 0.418 e. The number of carbonyl (C=O) groups is 1. The number of pyridine rings is 1. The molecular formula is C27H29F3N4O. The minimum Gasteiger partial charge on any atom is -0.398 e. The summed E-state index contributed by atoms with van der Waals surface area (Å²) in [6.45, 7) is 5.62. The molecule has 8 heteroatoms. The van der Waals surface area contributed by atoms with Crippen molar-refractivity contribution in [1.29, 1.82) is 0 Å². The second-order valence-corrected chi connectivity index (χ2v) is 9.14. The number of carbonyl (C=O) groups excluding carboxylic acids is 1. The molecule has 0 aliphatic carbocycles. The first-order valence-corrected chi connectivity index (χ1v) is 11.0. The maximum absolute atomic E-state index is 13.3. The van der Waals surface area contributed by atoms with Gasteiger partial charge >= 0.3 is 6.18 Å². The molecule has 0 spiro atoms. The van der Waals surface area contributed by atoms with Crippen LogP contribution in [0.4, 0.5) is 18.9 Å². The van der Waals surface area contributed by atoms with E-state index in [2.05, 4.69) is 4.98 Å². The first-order valence-electron chi connectivity index (χ1n) is 11.0. The molecule has 2 aromatic carbocycles. The Bertz CT molecular complexity index is 1240. The van der Waals surface area contributed by atoms with Crippen LogP contribution >= 0.6 is 0 Å². The Morgan fingerprint density at radius 2 is 1.66 bits per heavy atom. The molecule has 0 aliphatic heterocycles. The number of likely N-dealkylation sites (N-methyl/N-ethyl adjacent to an activating group) is 1. The largest absolute Gasteiger partial charge is 0.418 e. The van der Waals surface area contributed by atoms with Gasteiger partial charge in [0, 0.05) is 30.7 Å². The number of amides is 1. The van der Waals surface area contributed by atoms with Gasteiger partial charge in [0.15, 0.2) is 0 Å². The van der Waals surface area contributed by atoms with Crippen molar-refractivity contribution in [2.45, 2.75) is 38.9 Å². The number of alkyl halides is 3. The number of hydrogen-bond donors (Lipinski definition) is 2. The van der Waals surface area contributed by atoms with Crippen LogP contribution < -0.4 is 11.5 Å². The number of nitrogens with zero attached hydrogens (tertiary/aromatic N) is 2. The van der Waals surface area contributed by atoms with Gasteiger partial charge in [0.1, 0.15) is 0 Å². The van der Waals surface area contributed by atoms with E-state index in [-0.39, 0.29) is 18.0 Å². The molecule has 4 N–H and O–H groups in total. The lowest BCUT2D eigenvalue weighted by atomic mass is 9.94. The molecule has 35 heavy (non-hydrogen) atoms. The van der Waals surface area contributed by atoms with Crippen LogP contribution in [0.3, 0.4) is 0 Å². The van der Waals surface area contributed by atoms with Gasteiger partial charge in [-0.05, 0) is 72.9 Å². The van der Waals surface area contributed by atoms with Crippen molar-refractivity contribution in [2.75, 3.05) is 12.8 Å². The van der Waals surface area contributed by atoms with Crippen molar-refractivity contribution >= 4 is 17.2 Å². The van der Waals surface area contributed by atoms with Crippen molar-refractivity contribution in [3.8, 4) is 11.1 Å². The summed E-state index contributed by atoms with van der Waals surface area (Å²) in [5.74, 6) is -0.117. The molecule has 3 aromatic rings. The Morgan fingerprint density at radius 3 is 2.26 bits per heavy atom. The summed E-state index contributed by atoms with van der Waals surface area (Å²) in [7, 11) is 1.66. The molecule has 5 nitrogen and oxygen atoms in total. The Labute approximate surface area is 203 Å². The van der Waals surface area contributed by atoms with Gasteiger partial charge in [-0.25, -0.2) is 0 Å². The van der Waals surface area contributed by atoms with Crippen LogP contribution in [0.5, 0.6) is 0 Å². The van der Waals surface area contributed by atoms with Crippen LogP contribution in [0.1, 0.15) is 43.2 Å². The highest BCUT2D eigenvalue weighted by molar-refractivity contribution is 5.81. The van der Waals surface area contributed by atoms with Gasteiger partial charge in [-0.1, -0.05) is 30.3 Å². The maximum atomic E-state index is 13.3. The molecule has 0 radical (unpaired) electrons. The Hall–Kier alpha value is -3.65. The van der Waals surface area contributed by atoms with E-state index >= 15 is 0 Å². The highest BCUT2D eigenvalue weighted by Gasteiger charge is 2.33. The molecule has 0 saturated carbocycles. The fourth-order valence-electron chi connectivity index (χ4n) is 3.59. The normalized spacial score (nSPS) is 12.5. The van der Waals surface area contributed by atoms with Crippen LogP contribution in [0, 0.1) is 0 Å². The zero-order valence-corrected chi connectivity index (χ0v) is 20.1. The fraction of sp³-hybridized carbons (Fsp3) is 0.259. The topological polar surface area (TPSA) is 85.2 Å². The third-order valence-corrected chi connectivity index (χ3v) is 5.69. The van der Waals surface area contributed by atoms with Crippen molar-refractivity contribution in [3.63, 3.8) is 0 Å². The van der Waals surface area contributed by atoms with Gasteiger partial charge in [0.05, 0.1) is 17.7 Å². The highest BCUT2D eigenvalue weighted by Crippen LogP contribution is 2.36. The predicted octanol–water partition coefficient (Wildman–Crippen LogP) is 5.61. The number of aromatic nitrogens is 1. The standard InChI is InChI=1S/C27H29F3N4O/c1-17(16-34(4)25(35)13-18-5-8-21(9-6-18)26(2,3)32)24-15-20(11-12-33-24)19-7-10-23(31)22(14-19)27(28,29)30/h5-12,14-16H,13,31-32H2,1-4H3/b17-16+. The summed E-state index contributed by atoms with van der Waals surface area (Å²) >= 11 is 0. The van der Waals surface area contributed by atoms with Gasteiger partial charge in [-0.15, -0.1) is 0 Å². The monoisotopic (exact) mass is 482 g/mol. The molecule has 0 fully saturated rings. The van der Waals surface area contributed by atoms with Crippen LogP contribution in [-0.2, 0) is 22.9 Å². The Morgan fingerprint density at radius 1 is 1.03 bits per heavy atom. The molecule has 0 saturated heterocycles. The zero-order chi connectivity index (χ0) is 26.0. The van der Waals surface area contributed by atoms with Crippen molar-refractivity contribution in [1.82, 2.24) is 9.88 Å². The minimum absolute atomic E-state index is 0.117. The van der Waals surface area contributed by atoms with Gasteiger partial charge in [-0.3, -0.25) is 9.78 Å². The number of hydrogen-bond acceptors (Lipinski definition) is 4. The lowest BCUT2D eigenvalue weighted by Gasteiger charge is -2.19. The number of rotatable bonds is 6. The SMILES string of the molecule is C/C(=C\N(C)C(=O)Cc1ccc(C(C)(C)N)cc1)c1cc(-c2ccc(N)c(C(F)(F)F)c2)ccn1. The molecule has 0 unspecified atom stereocenters. The third kappa shape index (κ3) is 6.48. The van der Waals surface area contributed by atoms with E-state index < -0.39 is 17.3 Å². The zero-order valence-electron chi connectivity index (χ0n) is 20.1. The summed E-state index contributed by atoms with van der Waals surface area (Å²) in [5, 5.41) is 0. The number of nitrogens with two attached hydrogens (primary N) is 2. The first-order chi connectivity index (χ1) is 16.3. The Kier molecular flexibility index (Phi) is 7.36. The summed E-state index contributed by atoms with van der Waals surface area (Å²) in [5.41, 5.74) is 14.0. The molecule has 1 aromatic heterocycles. The molecule has 184 valence electrons. The van der Waals surface area contributed by atoms with Gasteiger partial charge < -0.3 is 16.4 Å². The van der Waals surface area contributed by atoms with E-state index in [0.717, 1.165) is 17.2 Å². The van der Waals surface area contributed by atoms with E-state index in [1.165, 1.54) is 23.2 Å². The van der Waals surface area contributed by atoms with Crippen molar-refractivity contribution < 1.29 is 18.0 Å². The average molecular weight is 483 g/mol. The van der Waals surface area contributed by atoms with Crippen LogP contribution in [0.15, 0.2) is 67.0 Å². The third-order valence-electron chi connectivity index (χ3n) is 5.69.